The van der Waals surface area contributed by atoms with Crippen LogP contribution in [0.4, 0.5) is 5.69 Å². The Balaban J connectivity index is 1.99. The van der Waals surface area contributed by atoms with Gasteiger partial charge in [-0.1, -0.05) is 60.7 Å². The van der Waals surface area contributed by atoms with Gasteiger partial charge in [0.2, 0.25) is 0 Å². The van der Waals surface area contributed by atoms with E-state index in [0.29, 0.717) is 11.3 Å². The number of nitrogens with zero attached hydrogens (tertiary/aromatic N) is 2. The normalized spacial score (nSPS) is 15.0. The Morgan fingerprint density at radius 2 is 1.39 bits per heavy atom. The van der Waals surface area contributed by atoms with Crippen LogP contribution in [0, 0.1) is 11.3 Å². The molecule has 3 aromatic rings. The van der Waals surface area contributed by atoms with E-state index in [4.69, 9.17) is 19.9 Å². The van der Waals surface area contributed by atoms with Crippen LogP contribution in [0.1, 0.15) is 21.8 Å². The zero-order valence-corrected chi connectivity index (χ0v) is 20.6. The van der Waals surface area contributed by atoms with Crippen molar-refractivity contribution < 1.29 is 28.6 Å². The van der Waals surface area contributed by atoms with Crippen molar-refractivity contribution in [1.82, 2.24) is 0 Å². The first-order chi connectivity index (χ1) is 18.4. The number of nitrogens with two attached hydrogens (primary N) is 1. The van der Waals surface area contributed by atoms with Gasteiger partial charge in [0, 0.05) is 0 Å². The zero-order chi connectivity index (χ0) is 27.2. The van der Waals surface area contributed by atoms with Gasteiger partial charge in [-0.2, -0.15) is 5.26 Å². The lowest BCUT2D eigenvalue weighted by atomic mass is 9.80. The molecule has 0 fully saturated rings. The van der Waals surface area contributed by atoms with Crippen molar-refractivity contribution in [3.8, 4) is 11.8 Å². The van der Waals surface area contributed by atoms with E-state index in [1.165, 1.54) is 12.1 Å². The molecule has 0 spiro atoms. The molecule has 0 saturated heterocycles. The maximum atomic E-state index is 13.3. The van der Waals surface area contributed by atoms with Gasteiger partial charge in [-0.3, -0.25) is 4.90 Å². The van der Waals surface area contributed by atoms with Crippen LogP contribution in [0.2, 0.25) is 0 Å². The third-order valence-corrected chi connectivity index (χ3v) is 5.93. The maximum Gasteiger partial charge on any atom is 0.355 e. The number of methoxy groups -OCH3 is 2. The molecule has 1 atom stereocenters. The van der Waals surface area contributed by atoms with Crippen molar-refractivity contribution in [3.63, 3.8) is 0 Å². The Labute approximate surface area is 218 Å². The summed E-state index contributed by atoms with van der Waals surface area (Å²) in [6.07, 6.45) is 0. The largest absolute Gasteiger partial charge is 0.466 e. The van der Waals surface area contributed by atoms with E-state index >= 15 is 0 Å². The van der Waals surface area contributed by atoms with E-state index in [2.05, 4.69) is 6.07 Å². The number of anilines is 1. The SMILES string of the molecule is COC(=O)C1=C(C(=O)OC)N(c2ccccc2C(=O)Oc2ccccc2)C(N)=C(C#N)C1c1ccccc1. The molecule has 190 valence electrons. The van der Waals surface area contributed by atoms with Crippen LogP contribution >= 0.6 is 0 Å². The zero-order valence-electron chi connectivity index (χ0n) is 20.6. The van der Waals surface area contributed by atoms with Crippen LogP contribution in [0.3, 0.4) is 0 Å². The lowest BCUT2D eigenvalue weighted by Crippen LogP contribution is -2.41. The van der Waals surface area contributed by atoms with Gasteiger partial charge in [0.15, 0.2) is 0 Å². The molecule has 0 aromatic heterocycles. The Kier molecular flexibility index (Phi) is 7.54. The molecule has 0 radical (unpaired) electrons. The maximum absolute atomic E-state index is 13.3. The van der Waals surface area contributed by atoms with Gasteiger partial charge in [0.1, 0.15) is 17.3 Å². The minimum absolute atomic E-state index is 0.0181. The van der Waals surface area contributed by atoms with E-state index in [1.807, 2.05) is 0 Å². The Bertz CT molecular complexity index is 1490. The minimum Gasteiger partial charge on any atom is -0.466 e. The number of benzene rings is 3. The second kappa shape index (κ2) is 11.1. The average Bonchev–Trinajstić information content (AvgIpc) is 2.96. The number of nitriles is 1. The van der Waals surface area contributed by atoms with Crippen molar-refractivity contribution in [1.29, 1.82) is 5.26 Å². The van der Waals surface area contributed by atoms with Crippen LogP contribution in [-0.2, 0) is 19.1 Å². The molecule has 38 heavy (non-hydrogen) atoms. The van der Waals surface area contributed by atoms with Crippen molar-refractivity contribution in [3.05, 3.63) is 119 Å². The van der Waals surface area contributed by atoms with Gasteiger partial charge in [-0.15, -0.1) is 0 Å². The van der Waals surface area contributed by atoms with E-state index in [9.17, 15) is 19.6 Å². The predicted molar refractivity (Wildman–Crippen MR) is 137 cm³/mol. The van der Waals surface area contributed by atoms with E-state index < -0.39 is 23.8 Å². The highest BCUT2D eigenvalue weighted by Crippen LogP contribution is 2.44. The Morgan fingerprint density at radius 1 is 0.816 bits per heavy atom. The monoisotopic (exact) mass is 509 g/mol. The third-order valence-electron chi connectivity index (χ3n) is 5.93. The van der Waals surface area contributed by atoms with Crippen molar-refractivity contribution in [2.45, 2.75) is 5.92 Å². The first-order valence-corrected chi connectivity index (χ1v) is 11.4. The van der Waals surface area contributed by atoms with Crippen LogP contribution in [0.25, 0.3) is 0 Å². The summed E-state index contributed by atoms with van der Waals surface area (Å²) in [4.78, 5) is 40.9. The molecular formula is C29H23N3O6. The molecule has 1 heterocycles. The number of hydrogen-bond donors (Lipinski definition) is 1. The summed E-state index contributed by atoms with van der Waals surface area (Å²) in [5, 5.41) is 10.2. The molecule has 0 bridgehead atoms. The fourth-order valence-corrected chi connectivity index (χ4v) is 4.26. The average molecular weight is 510 g/mol. The van der Waals surface area contributed by atoms with Crippen LogP contribution < -0.4 is 15.4 Å². The van der Waals surface area contributed by atoms with Crippen LogP contribution in [0.5, 0.6) is 5.75 Å². The van der Waals surface area contributed by atoms with Crippen molar-refractivity contribution in [2.75, 3.05) is 19.1 Å². The quantitative estimate of drug-likeness (QED) is 0.389. The number of allylic oxidation sites excluding steroid dienone is 1. The lowest BCUT2D eigenvalue weighted by Gasteiger charge is -2.36. The number of para-hydroxylation sites is 2. The lowest BCUT2D eigenvalue weighted by molar-refractivity contribution is -0.139. The molecule has 3 aromatic carbocycles. The van der Waals surface area contributed by atoms with Crippen molar-refractivity contribution in [2.24, 2.45) is 5.73 Å². The van der Waals surface area contributed by atoms with Gasteiger partial charge < -0.3 is 19.9 Å². The van der Waals surface area contributed by atoms with Crippen LogP contribution in [-0.4, -0.2) is 32.1 Å². The molecule has 9 heteroatoms. The topological polar surface area (TPSA) is 132 Å². The van der Waals surface area contributed by atoms with Gasteiger partial charge in [0.25, 0.3) is 0 Å². The highest BCUT2D eigenvalue weighted by Gasteiger charge is 2.43. The third kappa shape index (κ3) is 4.70. The van der Waals surface area contributed by atoms with Gasteiger partial charge >= 0.3 is 17.9 Å². The molecule has 0 saturated carbocycles. The number of carbonyl (C=O) groups excluding carboxylic acids is 3. The highest BCUT2D eigenvalue weighted by molar-refractivity contribution is 6.08. The van der Waals surface area contributed by atoms with E-state index in [-0.39, 0.29) is 33.9 Å². The molecule has 0 aliphatic carbocycles. The Morgan fingerprint density at radius 3 is 2.00 bits per heavy atom. The van der Waals surface area contributed by atoms with E-state index in [1.54, 1.807) is 72.8 Å². The summed E-state index contributed by atoms with van der Waals surface area (Å²) >= 11 is 0. The number of esters is 3. The van der Waals surface area contributed by atoms with Gasteiger partial charge in [0.05, 0.1) is 48.6 Å². The van der Waals surface area contributed by atoms with E-state index in [0.717, 1.165) is 19.1 Å². The Hall–Kier alpha value is -5.36. The van der Waals surface area contributed by atoms with Gasteiger partial charge in [-0.25, -0.2) is 14.4 Å². The van der Waals surface area contributed by atoms with Crippen LogP contribution in [0.15, 0.2) is 108 Å². The second-order valence-electron chi connectivity index (χ2n) is 8.05. The predicted octanol–water partition coefficient (Wildman–Crippen LogP) is 3.80. The summed E-state index contributed by atoms with van der Waals surface area (Å²) in [5.74, 6) is -3.41. The molecule has 1 unspecified atom stereocenters. The van der Waals surface area contributed by atoms with Crippen molar-refractivity contribution >= 4 is 23.6 Å². The molecule has 1 aliphatic heterocycles. The summed E-state index contributed by atoms with van der Waals surface area (Å²) in [6, 6.07) is 25.4. The standard InChI is InChI=1S/C29H23N3O6/c1-36-28(34)24-23(18-11-5-3-6-12-18)21(17-30)26(31)32(25(24)29(35)37-2)22-16-10-9-15-20(22)27(33)38-19-13-7-4-8-14-19/h3-16,23H,31H2,1-2H3. The smallest absolute Gasteiger partial charge is 0.355 e. The fraction of sp³-hybridized carbons (Fsp3) is 0.103. The number of hydrogen-bond acceptors (Lipinski definition) is 9. The van der Waals surface area contributed by atoms with Gasteiger partial charge in [-0.05, 0) is 29.8 Å². The summed E-state index contributed by atoms with van der Waals surface area (Å²) < 4.78 is 15.6. The molecular weight excluding hydrogens is 486 g/mol. The minimum atomic E-state index is -1.03. The molecule has 1 aliphatic rings. The summed E-state index contributed by atoms with van der Waals surface area (Å²) in [7, 11) is 2.31. The number of rotatable bonds is 6. The molecule has 9 nitrogen and oxygen atoms in total. The summed E-state index contributed by atoms with van der Waals surface area (Å²) in [5.41, 5.74) is 6.73. The first-order valence-electron chi connectivity index (χ1n) is 11.4. The number of ether oxygens (including phenoxy) is 3. The second-order valence-corrected chi connectivity index (χ2v) is 8.05. The molecule has 0 amide bonds. The fourth-order valence-electron chi connectivity index (χ4n) is 4.26. The number of carbonyl (C=O) groups is 3. The molecule has 2 N–H and O–H groups in total. The highest BCUT2D eigenvalue weighted by atomic mass is 16.5. The molecule has 4 rings (SSSR count). The summed E-state index contributed by atoms with van der Waals surface area (Å²) in [6.45, 7) is 0. The first kappa shape index (κ1) is 25.7.